The van der Waals surface area contributed by atoms with Gasteiger partial charge in [-0.2, -0.15) is 0 Å². The maximum absolute atomic E-state index is 13.7. The highest BCUT2D eigenvalue weighted by Gasteiger charge is 2.64. The highest BCUT2D eigenvalue weighted by Crippen LogP contribution is 2.61. The summed E-state index contributed by atoms with van der Waals surface area (Å²) in [5.74, 6) is -1.17. The molecule has 6 nitrogen and oxygen atoms in total. The predicted molar refractivity (Wildman–Crippen MR) is 127 cm³/mol. The van der Waals surface area contributed by atoms with Crippen molar-refractivity contribution in [2.75, 3.05) is 13.2 Å². The fraction of sp³-hybridized carbons (Fsp3) is 0.500. The number of hydrogen-bond acceptors (Lipinski definition) is 5. The zero-order chi connectivity index (χ0) is 24.8. The second-order valence-corrected chi connectivity index (χ2v) is 10.4. The lowest BCUT2D eigenvalue weighted by atomic mass is 9.94. The van der Waals surface area contributed by atoms with Crippen molar-refractivity contribution >= 4 is 17.6 Å². The number of halogens is 2. The number of fused-ring (bicyclic) bond motifs is 3. The smallest absolute Gasteiger partial charge is 0.311 e. The van der Waals surface area contributed by atoms with Gasteiger partial charge in [-0.3, -0.25) is 4.79 Å². The summed E-state index contributed by atoms with van der Waals surface area (Å²) in [6, 6.07) is 8.67. The molecule has 1 saturated carbocycles. The van der Waals surface area contributed by atoms with Gasteiger partial charge in [0.1, 0.15) is 23.6 Å². The highest BCUT2D eigenvalue weighted by molar-refractivity contribution is 6.30. The number of β-amino-alcohol motifs (C(OH)–C–C–N with tert-alkyl or cyclic N) is 1. The summed E-state index contributed by atoms with van der Waals surface area (Å²) in [7, 11) is 0. The number of aliphatic hydroxyl groups is 1. The summed E-state index contributed by atoms with van der Waals surface area (Å²) in [5, 5.41) is 23.3. The molecule has 2 aromatic carbocycles. The van der Waals surface area contributed by atoms with Crippen LogP contribution in [0.5, 0.6) is 5.75 Å². The van der Waals surface area contributed by atoms with E-state index in [0.717, 1.165) is 28.0 Å². The lowest BCUT2D eigenvalue weighted by Crippen LogP contribution is -2.46. The van der Waals surface area contributed by atoms with E-state index in [4.69, 9.17) is 21.1 Å². The summed E-state index contributed by atoms with van der Waals surface area (Å²) in [4.78, 5) is 11.5. The molecular weight excluding hydrogens is 461 g/mol. The number of aliphatic hydroxyl groups excluding tert-OH is 1. The Bertz CT molecular complexity index is 1090. The van der Waals surface area contributed by atoms with Crippen LogP contribution in [0.1, 0.15) is 55.0 Å². The standard InChI is InChI=1S/C26H31ClFNO5/c1-13-5-7-17(20-21-22(25(31)32)24(21)34-23(13)20)14(2)33-12-16(30)11-29-26(3,4)10-15-6-8-18(27)19(28)9-15/h5-9,14,16,21-22,24,29-30H,10-12H2,1-4H3,(H,31,32)/t14-,16?,21+,22+,24+/m1/s1. The minimum atomic E-state index is -0.841. The average molecular weight is 492 g/mol. The number of rotatable bonds is 10. The summed E-state index contributed by atoms with van der Waals surface area (Å²) >= 11 is 5.76. The first-order valence-corrected chi connectivity index (χ1v) is 11.9. The lowest BCUT2D eigenvalue weighted by Gasteiger charge is -2.28. The number of ether oxygens (including phenoxy) is 2. The van der Waals surface area contributed by atoms with Crippen LogP contribution >= 0.6 is 11.6 Å². The molecule has 1 heterocycles. The fourth-order valence-corrected chi connectivity index (χ4v) is 4.92. The van der Waals surface area contributed by atoms with Crippen molar-refractivity contribution in [2.45, 2.75) is 63.9 Å². The molecule has 34 heavy (non-hydrogen) atoms. The minimum absolute atomic E-state index is 0.0951. The Labute approximate surface area is 204 Å². The van der Waals surface area contributed by atoms with Crippen LogP contribution in [-0.2, 0) is 16.0 Å². The molecule has 2 aliphatic rings. The molecule has 5 atom stereocenters. The molecule has 2 aromatic rings. The summed E-state index contributed by atoms with van der Waals surface area (Å²) in [5.41, 5.74) is 3.24. The Morgan fingerprint density at radius 3 is 2.74 bits per heavy atom. The largest absolute Gasteiger partial charge is 0.488 e. The van der Waals surface area contributed by atoms with Crippen molar-refractivity contribution < 1.29 is 28.9 Å². The van der Waals surface area contributed by atoms with Crippen molar-refractivity contribution in [1.82, 2.24) is 5.32 Å². The van der Waals surface area contributed by atoms with E-state index in [-0.39, 0.29) is 35.3 Å². The summed E-state index contributed by atoms with van der Waals surface area (Å²) < 4.78 is 25.6. The summed E-state index contributed by atoms with van der Waals surface area (Å²) in [6.07, 6.45) is -0.815. The van der Waals surface area contributed by atoms with Gasteiger partial charge < -0.3 is 25.0 Å². The maximum atomic E-state index is 13.7. The molecule has 3 N–H and O–H groups in total. The molecule has 1 fully saturated rings. The predicted octanol–water partition coefficient (Wildman–Crippen LogP) is 4.40. The number of nitrogens with one attached hydrogen (secondary N) is 1. The van der Waals surface area contributed by atoms with Crippen molar-refractivity contribution in [2.24, 2.45) is 5.92 Å². The van der Waals surface area contributed by atoms with E-state index in [1.807, 2.05) is 39.8 Å². The zero-order valence-corrected chi connectivity index (χ0v) is 20.5. The Morgan fingerprint density at radius 1 is 1.32 bits per heavy atom. The molecule has 0 amide bonds. The first-order valence-electron chi connectivity index (χ1n) is 11.5. The molecule has 0 radical (unpaired) electrons. The van der Waals surface area contributed by atoms with Crippen LogP contribution in [0.2, 0.25) is 5.02 Å². The average Bonchev–Trinajstić information content (AvgIpc) is 3.35. The molecule has 0 saturated heterocycles. The van der Waals surface area contributed by atoms with E-state index < -0.39 is 23.8 Å². The van der Waals surface area contributed by atoms with Crippen LogP contribution in [0.4, 0.5) is 4.39 Å². The van der Waals surface area contributed by atoms with Gasteiger partial charge in [-0.25, -0.2) is 4.39 Å². The maximum Gasteiger partial charge on any atom is 0.311 e. The number of aliphatic carboxylic acids is 1. The van der Waals surface area contributed by atoms with Gasteiger partial charge in [0.25, 0.3) is 0 Å². The number of aryl methyl sites for hydroxylation is 1. The molecule has 0 aromatic heterocycles. The Kier molecular flexibility index (Phi) is 6.93. The third-order valence-corrected chi connectivity index (χ3v) is 6.98. The molecule has 184 valence electrons. The van der Waals surface area contributed by atoms with Crippen molar-refractivity contribution in [3.63, 3.8) is 0 Å². The van der Waals surface area contributed by atoms with Gasteiger partial charge in [0.15, 0.2) is 0 Å². The molecule has 0 bridgehead atoms. The van der Waals surface area contributed by atoms with Crippen LogP contribution in [0.15, 0.2) is 30.3 Å². The quantitative estimate of drug-likeness (QED) is 0.456. The zero-order valence-electron chi connectivity index (χ0n) is 19.8. The minimum Gasteiger partial charge on any atom is -0.488 e. The van der Waals surface area contributed by atoms with Gasteiger partial charge in [-0.05, 0) is 62.9 Å². The number of carboxylic acid groups (broad SMARTS) is 1. The second-order valence-electron chi connectivity index (χ2n) is 10.0. The third-order valence-electron chi connectivity index (χ3n) is 6.68. The van der Waals surface area contributed by atoms with Crippen molar-refractivity contribution in [3.05, 3.63) is 63.4 Å². The van der Waals surface area contributed by atoms with Crippen molar-refractivity contribution in [1.29, 1.82) is 0 Å². The Hall–Kier alpha value is -2.19. The van der Waals surface area contributed by atoms with Crippen LogP contribution in [-0.4, -0.2) is 47.1 Å². The number of hydrogen-bond donors (Lipinski definition) is 3. The van der Waals surface area contributed by atoms with Gasteiger partial charge in [0, 0.05) is 23.6 Å². The molecule has 1 unspecified atom stereocenters. The van der Waals surface area contributed by atoms with Crippen LogP contribution in [0.25, 0.3) is 0 Å². The van der Waals surface area contributed by atoms with Gasteiger partial charge in [0.2, 0.25) is 0 Å². The molecule has 1 aliphatic heterocycles. The number of carbonyl (C=O) groups is 1. The molecule has 8 heteroatoms. The van der Waals surface area contributed by atoms with E-state index in [2.05, 4.69) is 5.32 Å². The Balaban J connectivity index is 1.32. The summed E-state index contributed by atoms with van der Waals surface area (Å²) in [6.45, 7) is 8.23. The van der Waals surface area contributed by atoms with E-state index in [9.17, 15) is 19.4 Å². The first kappa shape index (κ1) is 24.9. The number of carboxylic acids is 1. The normalized spacial score (nSPS) is 22.5. The van der Waals surface area contributed by atoms with E-state index in [0.29, 0.717) is 13.0 Å². The third kappa shape index (κ3) is 5.08. The first-order chi connectivity index (χ1) is 16.0. The molecule has 0 spiro atoms. The lowest BCUT2D eigenvalue weighted by molar-refractivity contribution is -0.139. The Morgan fingerprint density at radius 2 is 2.06 bits per heavy atom. The van der Waals surface area contributed by atoms with Gasteiger partial charge in [-0.1, -0.05) is 29.8 Å². The molecule has 4 rings (SSSR count). The number of benzene rings is 2. The van der Waals surface area contributed by atoms with Crippen LogP contribution < -0.4 is 10.1 Å². The van der Waals surface area contributed by atoms with Gasteiger partial charge >= 0.3 is 5.97 Å². The van der Waals surface area contributed by atoms with Crippen LogP contribution in [0, 0.1) is 18.7 Å². The monoisotopic (exact) mass is 491 g/mol. The SMILES string of the molecule is Cc1ccc([C@@H](C)OCC(O)CNC(C)(C)Cc2ccc(Cl)c(F)c2)c2c1O[C@@H]1[C@@H](C(=O)O)[C@H]21. The van der Waals surface area contributed by atoms with Gasteiger partial charge in [-0.15, -0.1) is 0 Å². The molecule has 1 aliphatic carbocycles. The van der Waals surface area contributed by atoms with E-state index in [1.54, 1.807) is 12.1 Å². The molecular formula is C26H31ClFNO5. The van der Waals surface area contributed by atoms with Crippen molar-refractivity contribution in [3.8, 4) is 5.75 Å². The van der Waals surface area contributed by atoms with E-state index >= 15 is 0 Å². The van der Waals surface area contributed by atoms with Gasteiger partial charge in [0.05, 0.1) is 23.8 Å². The second kappa shape index (κ2) is 9.46. The highest BCUT2D eigenvalue weighted by atomic mass is 35.5. The fourth-order valence-electron chi connectivity index (χ4n) is 4.80. The van der Waals surface area contributed by atoms with E-state index in [1.165, 1.54) is 6.07 Å². The van der Waals surface area contributed by atoms with Crippen LogP contribution in [0.3, 0.4) is 0 Å². The topological polar surface area (TPSA) is 88.0 Å².